The largest absolute Gasteiger partial charge is 0.396 e. The van der Waals surface area contributed by atoms with Gasteiger partial charge in [-0.2, -0.15) is 0 Å². The van der Waals surface area contributed by atoms with E-state index in [0.717, 1.165) is 11.8 Å². The monoisotopic (exact) mass is 320 g/mol. The second kappa shape index (κ2) is 7.38. The quantitative estimate of drug-likeness (QED) is 0.816. The van der Waals surface area contributed by atoms with Gasteiger partial charge >= 0.3 is 0 Å². The van der Waals surface area contributed by atoms with Gasteiger partial charge in [0.2, 0.25) is 0 Å². The van der Waals surface area contributed by atoms with E-state index in [9.17, 15) is 13.5 Å². The fourth-order valence-corrected chi connectivity index (χ4v) is 3.11. The van der Waals surface area contributed by atoms with Crippen molar-refractivity contribution in [3.63, 3.8) is 0 Å². The summed E-state index contributed by atoms with van der Waals surface area (Å²) in [5.41, 5.74) is 1.10. The zero-order chi connectivity index (χ0) is 16.0. The Bertz CT molecular complexity index is 702. The molecule has 5 nitrogen and oxygen atoms in total. The molecule has 0 aliphatic carbocycles. The number of aromatic nitrogens is 1. The number of benzene rings is 1. The maximum Gasteiger partial charge on any atom is 0.179 e. The predicted molar refractivity (Wildman–Crippen MR) is 86.7 cm³/mol. The zero-order valence-electron chi connectivity index (χ0n) is 12.4. The van der Waals surface area contributed by atoms with Crippen molar-refractivity contribution in [2.45, 2.75) is 17.2 Å². The molecule has 0 aliphatic rings. The highest BCUT2D eigenvalue weighted by molar-refractivity contribution is 7.90. The minimum atomic E-state index is -3.33. The van der Waals surface area contributed by atoms with Gasteiger partial charge in [-0.25, -0.2) is 13.4 Å². The van der Waals surface area contributed by atoms with Crippen LogP contribution in [-0.4, -0.2) is 37.9 Å². The first-order valence-electron chi connectivity index (χ1n) is 7.07. The lowest BCUT2D eigenvalue weighted by Gasteiger charge is -2.18. The molecule has 0 saturated carbocycles. The fourth-order valence-electron chi connectivity index (χ4n) is 2.31. The third-order valence-corrected chi connectivity index (χ3v) is 4.56. The van der Waals surface area contributed by atoms with E-state index in [1.165, 1.54) is 6.07 Å². The maximum absolute atomic E-state index is 11.8. The first-order valence-corrected chi connectivity index (χ1v) is 8.96. The van der Waals surface area contributed by atoms with E-state index in [1.807, 2.05) is 30.3 Å². The number of aliphatic hydroxyl groups excluding tert-OH is 1. The Morgan fingerprint density at radius 3 is 2.55 bits per heavy atom. The molecule has 6 heteroatoms. The molecule has 0 fully saturated rings. The summed E-state index contributed by atoms with van der Waals surface area (Å²) in [5.74, 6) is 0.435. The number of pyridine rings is 1. The van der Waals surface area contributed by atoms with Crippen molar-refractivity contribution in [1.82, 2.24) is 4.98 Å². The number of sulfone groups is 1. The lowest BCUT2D eigenvalue weighted by molar-refractivity contribution is 0.277. The summed E-state index contributed by atoms with van der Waals surface area (Å²) in [4.78, 5) is 4.30. The molecule has 0 bridgehead atoms. The van der Waals surface area contributed by atoms with Gasteiger partial charge in [0.1, 0.15) is 10.7 Å². The highest BCUT2D eigenvalue weighted by atomic mass is 32.2. The van der Waals surface area contributed by atoms with Crippen LogP contribution >= 0.6 is 0 Å². The molecule has 0 spiro atoms. The summed E-state index contributed by atoms with van der Waals surface area (Å²) in [7, 11) is -3.33. The number of hydrogen-bond acceptors (Lipinski definition) is 5. The Balaban J connectivity index is 2.17. The van der Waals surface area contributed by atoms with Crippen LogP contribution < -0.4 is 5.32 Å². The van der Waals surface area contributed by atoms with Gasteiger partial charge < -0.3 is 10.4 Å². The van der Waals surface area contributed by atoms with Gasteiger partial charge in [-0.1, -0.05) is 30.3 Å². The summed E-state index contributed by atoms with van der Waals surface area (Å²) in [6.07, 6.45) is 3.32. The number of nitrogens with zero attached hydrogens (tertiary/aromatic N) is 1. The third-order valence-electron chi connectivity index (χ3n) is 3.43. The molecule has 2 rings (SSSR count). The smallest absolute Gasteiger partial charge is 0.179 e. The summed E-state index contributed by atoms with van der Waals surface area (Å²) in [6.45, 7) is 0.576. The number of hydrogen-bond donors (Lipinski definition) is 2. The van der Waals surface area contributed by atoms with Crippen LogP contribution in [0.3, 0.4) is 0 Å². The number of aliphatic hydroxyl groups is 1. The van der Waals surface area contributed by atoms with Crippen LogP contribution in [0.25, 0.3) is 0 Å². The second-order valence-corrected chi connectivity index (χ2v) is 7.11. The highest BCUT2D eigenvalue weighted by Gasteiger charge is 2.16. The Hall–Kier alpha value is -1.92. The van der Waals surface area contributed by atoms with Crippen LogP contribution in [0.4, 0.5) is 5.82 Å². The van der Waals surface area contributed by atoms with Crippen LogP contribution in [0.5, 0.6) is 0 Å². The van der Waals surface area contributed by atoms with Crippen LogP contribution in [0, 0.1) is 0 Å². The van der Waals surface area contributed by atoms with Gasteiger partial charge in [-0.15, -0.1) is 0 Å². The average Bonchev–Trinajstić information content (AvgIpc) is 2.51. The van der Waals surface area contributed by atoms with Gasteiger partial charge in [0, 0.05) is 31.5 Å². The minimum Gasteiger partial charge on any atom is -0.396 e. The van der Waals surface area contributed by atoms with Crippen molar-refractivity contribution in [2.24, 2.45) is 0 Å². The van der Waals surface area contributed by atoms with Crippen molar-refractivity contribution >= 4 is 15.7 Å². The highest BCUT2D eigenvalue weighted by Crippen LogP contribution is 2.22. The standard InChI is InChI=1S/C16H20N2O3S/c1-22(20,21)15-8-5-10-17-16(15)18-12-14(9-11-19)13-6-3-2-4-7-13/h2-8,10,14,19H,9,11-12H2,1H3,(H,17,18). The van der Waals surface area contributed by atoms with E-state index in [-0.39, 0.29) is 17.4 Å². The van der Waals surface area contributed by atoms with Crippen molar-refractivity contribution in [2.75, 3.05) is 24.7 Å². The van der Waals surface area contributed by atoms with Gasteiger partial charge in [0.15, 0.2) is 9.84 Å². The first kappa shape index (κ1) is 16.5. The summed E-state index contributed by atoms with van der Waals surface area (Å²) in [5, 5.41) is 12.3. The summed E-state index contributed by atoms with van der Waals surface area (Å²) in [6, 6.07) is 13.0. The van der Waals surface area contributed by atoms with Gasteiger partial charge in [0.05, 0.1) is 0 Å². The van der Waals surface area contributed by atoms with Crippen LogP contribution in [-0.2, 0) is 9.84 Å². The molecule has 0 amide bonds. The molecule has 22 heavy (non-hydrogen) atoms. The molecule has 2 aromatic rings. The van der Waals surface area contributed by atoms with E-state index < -0.39 is 9.84 Å². The third kappa shape index (κ3) is 4.29. The van der Waals surface area contributed by atoms with Gasteiger partial charge in [0.25, 0.3) is 0 Å². The molecule has 1 aromatic heterocycles. The Morgan fingerprint density at radius 1 is 1.18 bits per heavy atom. The van der Waals surface area contributed by atoms with E-state index in [2.05, 4.69) is 10.3 Å². The van der Waals surface area contributed by atoms with E-state index in [4.69, 9.17) is 0 Å². The fraction of sp³-hybridized carbons (Fsp3) is 0.312. The maximum atomic E-state index is 11.8. The summed E-state index contributed by atoms with van der Waals surface area (Å²) < 4.78 is 23.5. The Morgan fingerprint density at radius 2 is 1.91 bits per heavy atom. The lowest BCUT2D eigenvalue weighted by atomic mass is 9.96. The molecule has 2 N–H and O–H groups in total. The van der Waals surface area contributed by atoms with Crippen molar-refractivity contribution in [1.29, 1.82) is 0 Å². The predicted octanol–water partition coefficient (Wildman–Crippen LogP) is 2.06. The van der Waals surface area contributed by atoms with Gasteiger partial charge in [-0.3, -0.25) is 0 Å². The first-order chi connectivity index (χ1) is 10.5. The molecule has 118 valence electrons. The Labute approximate surface area is 131 Å². The van der Waals surface area contributed by atoms with E-state index in [1.54, 1.807) is 12.3 Å². The molecule has 0 radical (unpaired) electrons. The second-order valence-electron chi connectivity index (χ2n) is 5.12. The molecule has 1 aromatic carbocycles. The summed E-state index contributed by atoms with van der Waals surface area (Å²) >= 11 is 0. The van der Waals surface area contributed by atoms with Crippen LogP contribution in [0.15, 0.2) is 53.6 Å². The molecule has 1 unspecified atom stereocenters. The van der Waals surface area contributed by atoms with E-state index in [0.29, 0.717) is 18.8 Å². The average molecular weight is 320 g/mol. The number of rotatable bonds is 7. The normalized spacial score (nSPS) is 12.8. The van der Waals surface area contributed by atoms with Gasteiger partial charge in [-0.05, 0) is 24.1 Å². The van der Waals surface area contributed by atoms with E-state index >= 15 is 0 Å². The number of nitrogens with one attached hydrogen (secondary N) is 1. The molecule has 1 heterocycles. The minimum absolute atomic E-state index is 0.0718. The molecule has 0 saturated heterocycles. The van der Waals surface area contributed by atoms with Crippen LogP contribution in [0.2, 0.25) is 0 Å². The molecular weight excluding hydrogens is 300 g/mol. The van der Waals surface area contributed by atoms with Crippen molar-refractivity contribution in [3.8, 4) is 0 Å². The molecule has 1 atom stereocenters. The Kier molecular flexibility index (Phi) is 5.51. The van der Waals surface area contributed by atoms with Crippen molar-refractivity contribution < 1.29 is 13.5 Å². The SMILES string of the molecule is CS(=O)(=O)c1cccnc1NCC(CCO)c1ccccc1. The van der Waals surface area contributed by atoms with Crippen molar-refractivity contribution in [3.05, 3.63) is 54.2 Å². The lowest BCUT2D eigenvalue weighted by Crippen LogP contribution is -2.16. The molecular formula is C16H20N2O3S. The molecule has 0 aliphatic heterocycles. The number of anilines is 1. The topological polar surface area (TPSA) is 79.3 Å². The zero-order valence-corrected chi connectivity index (χ0v) is 13.3. The van der Waals surface area contributed by atoms with Crippen LogP contribution in [0.1, 0.15) is 17.9 Å².